The van der Waals surface area contributed by atoms with Crippen molar-refractivity contribution >= 4 is 28.3 Å². The van der Waals surface area contributed by atoms with Crippen LogP contribution in [-0.2, 0) is 17.6 Å². The minimum Gasteiger partial charge on any atom is -0.459 e. The minimum absolute atomic E-state index is 0.125. The van der Waals surface area contributed by atoms with Gasteiger partial charge >= 0.3 is 0 Å². The number of thiazole rings is 1. The Labute approximate surface area is 176 Å². The van der Waals surface area contributed by atoms with Crippen molar-refractivity contribution in [2.24, 2.45) is 0 Å². The molecule has 1 aromatic carbocycles. The Bertz CT molecular complexity index is 1120. The zero-order valence-electron chi connectivity index (χ0n) is 15.9. The SMILES string of the molecule is O=C(Cc1csc(NC(=O)c2ccco2)n1)NCCc1cnn(-c2ccccc2)c1. The van der Waals surface area contributed by atoms with Crippen LogP contribution in [-0.4, -0.2) is 33.1 Å². The average molecular weight is 421 g/mol. The van der Waals surface area contributed by atoms with Crippen LogP contribution in [0.3, 0.4) is 0 Å². The molecule has 30 heavy (non-hydrogen) atoms. The first kappa shape index (κ1) is 19.6. The van der Waals surface area contributed by atoms with Crippen LogP contribution in [0.4, 0.5) is 5.13 Å². The number of nitrogens with zero attached hydrogens (tertiary/aromatic N) is 3. The van der Waals surface area contributed by atoms with Gasteiger partial charge in [0, 0.05) is 18.1 Å². The van der Waals surface area contributed by atoms with Crippen molar-refractivity contribution in [1.82, 2.24) is 20.1 Å². The molecule has 0 aliphatic rings. The van der Waals surface area contributed by atoms with E-state index in [-0.39, 0.29) is 24.0 Å². The highest BCUT2D eigenvalue weighted by atomic mass is 32.1. The van der Waals surface area contributed by atoms with Crippen LogP contribution in [0.25, 0.3) is 5.69 Å². The van der Waals surface area contributed by atoms with Gasteiger partial charge in [-0.25, -0.2) is 9.67 Å². The zero-order valence-corrected chi connectivity index (χ0v) is 16.8. The lowest BCUT2D eigenvalue weighted by Gasteiger charge is -2.03. The number of para-hydroxylation sites is 1. The Morgan fingerprint density at radius 2 is 2.00 bits per heavy atom. The van der Waals surface area contributed by atoms with Crippen molar-refractivity contribution in [3.05, 3.63) is 83.5 Å². The van der Waals surface area contributed by atoms with Gasteiger partial charge in [0.1, 0.15) is 0 Å². The number of furan rings is 1. The third kappa shape index (κ3) is 5.00. The molecular weight excluding hydrogens is 402 g/mol. The first-order valence-corrected chi connectivity index (χ1v) is 10.2. The van der Waals surface area contributed by atoms with E-state index in [9.17, 15) is 9.59 Å². The maximum Gasteiger partial charge on any atom is 0.293 e. The van der Waals surface area contributed by atoms with Crippen LogP contribution in [0.15, 0.2) is 70.9 Å². The molecule has 4 aromatic rings. The molecule has 0 spiro atoms. The number of nitrogens with one attached hydrogen (secondary N) is 2. The van der Waals surface area contributed by atoms with Crippen molar-refractivity contribution in [3.63, 3.8) is 0 Å². The molecular formula is C21H19N5O3S. The smallest absolute Gasteiger partial charge is 0.293 e. The number of amides is 2. The zero-order chi connectivity index (χ0) is 20.8. The number of carbonyl (C=O) groups excluding carboxylic acids is 2. The molecule has 0 fully saturated rings. The summed E-state index contributed by atoms with van der Waals surface area (Å²) in [7, 11) is 0. The van der Waals surface area contributed by atoms with E-state index in [1.165, 1.54) is 17.6 Å². The first-order chi connectivity index (χ1) is 14.7. The van der Waals surface area contributed by atoms with Gasteiger partial charge in [0.05, 0.1) is 30.3 Å². The Morgan fingerprint density at radius 1 is 1.13 bits per heavy atom. The Morgan fingerprint density at radius 3 is 2.80 bits per heavy atom. The van der Waals surface area contributed by atoms with Gasteiger partial charge in [-0.2, -0.15) is 5.10 Å². The van der Waals surface area contributed by atoms with Gasteiger partial charge in [0.25, 0.3) is 5.91 Å². The van der Waals surface area contributed by atoms with E-state index in [1.807, 2.05) is 41.2 Å². The quantitative estimate of drug-likeness (QED) is 0.455. The summed E-state index contributed by atoms with van der Waals surface area (Å²) in [5.41, 5.74) is 2.63. The minimum atomic E-state index is -0.374. The predicted octanol–water partition coefficient (Wildman–Crippen LogP) is 3.08. The molecule has 152 valence electrons. The number of hydrogen-bond acceptors (Lipinski definition) is 6. The fourth-order valence-corrected chi connectivity index (χ4v) is 3.50. The topological polar surface area (TPSA) is 102 Å². The normalized spacial score (nSPS) is 10.7. The van der Waals surface area contributed by atoms with Gasteiger partial charge in [0.2, 0.25) is 5.91 Å². The summed E-state index contributed by atoms with van der Waals surface area (Å²) in [6.45, 7) is 0.505. The fraction of sp³-hybridized carbons (Fsp3) is 0.143. The molecule has 0 bridgehead atoms. The van der Waals surface area contributed by atoms with Crippen LogP contribution in [0, 0.1) is 0 Å². The fourth-order valence-electron chi connectivity index (χ4n) is 2.80. The molecule has 0 radical (unpaired) electrons. The molecule has 0 saturated carbocycles. The average Bonchev–Trinajstić information content (AvgIpc) is 3.51. The molecule has 2 amide bonds. The van der Waals surface area contributed by atoms with Gasteiger partial charge in [-0.1, -0.05) is 18.2 Å². The van der Waals surface area contributed by atoms with E-state index in [4.69, 9.17) is 4.42 Å². The van der Waals surface area contributed by atoms with E-state index < -0.39 is 0 Å². The van der Waals surface area contributed by atoms with Crippen LogP contribution in [0.1, 0.15) is 21.8 Å². The second-order valence-electron chi connectivity index (χ2n) is 6.48. The Hall–Kier alpha value is -3.72. The van der Waals surface area contributed by atoms with Crippen molar-refractivity contribution in [3.8, 4) is 5.69 Å². The molecule has 0 unspecified atom stereocenters. The number of benzene rings is 1. The van der Waals surface area contributed by atoms with E-state index in [1.54, 1.807) is 23.7 Å². The monoisotopic (exact) mass is 421 g/mol. The molecule has 3 aromatic heterocycles. The van der Waals surface area contributed by atoms with E-state index in [0.717, 1.165) is 11.3 Å². The van der Waals surface area contributed by atoms with Gasteiger partial charge in [-0.15, -0.1) is 11.3 Å². The summed E-state index contributed by atoms with van der Waals surface area (Å²) in [6, 6.07) is 13.1. The van der Waals surface area contributed by atoms with E-state index in [2.05, 4.69) is 20.7 Å². The molecule has 0 saturated heterocycles. The highest BCUT2D eigenvalue weighted by Crippen LogP contribution is 2.17. The van der Waals surface area contributed by atoms with E-state index in [0.29, 0.717) is 23.8 Å². The summed E-state index contributed by atoms with van der Waals surface area (Å²) in [5.74, 6) is -0.291. The number of anilines is 1. The molecule has 3 heterocycles. The first-order valence-electron chi connectivity index (χ1n) is 9.32. The number of aromatic nitrogens is 3. The lowest BCUT2D eigenvalue weighted by atomic mass is 10.2. The Balaban J connectivity index is 1.22. The third-order valence-corrected chi connectivity index (χ3v) is 5.06. The van der Waals surface area contributed by atoms with Crippen LogP contribution >= 0.6 is 11.3 Å². The molecule has 2 N–H and O–H groups in total. The second kappa shape index (κ2) is 9.19. The van der Waals surface area contributed by atoms with Crippen molar-refractivity contribution in [2.75, 3.05) is 11.9 Å². The second-order valence-corrected chi connectivity index (χ2v) is 7.34. The van der Waals surface area contributed by atoms with Gasteiger partial charge in [0.15, 0.2) is 10.9 Å². The summed E-state index contributed by atoms with van der Waals surface area (Å²) in [5, 5.41) is 12.1. The standard InChI is InChI=1S/C21H19N5O3S/c27-19(11-16-14-30-21(24-16)25-20(28)18-7-4-10-29-18)22-9-8-15-12-23-26(13-15)17-5-2-1-3-6-17/h1-7,10,12-14H,8-9,11H2,(H,22,27)(H,24,25,28). The lowest BCUT2D eigenvalue weighted by Crippen LogP contribution is -2.27. The van der Waals surface area contributed by atoms with Crippen LogP contribution in [0.5, 0.6) is 0 Å². The highest BCUT2D eigenvalue weighted by Gasteiger charge is 2.13. The van der Waals surface area contributed by atoms with Crippen molar-refractivity contribution < 1.29 is 14.0 Å². The van der Waals surface area contributed by atoms with Crippen LogP contribution in [0.2, 0.25) is 0 Å². The number of carbonyl (C=O) groups is 2. The maximum atomic E-state index is 12.2. The number of rotatable bonds is 8. The predicted molar refractivity (Wildman–Crippen MR) is 113 cm³/mol. The molecule has 8 nitrogen and oxygen atoms in total. The van der Waals surface area contributed by atoms with Gasteiger partial charge in [-0.05, 0) is 36.2 Å². The van der Waals surface area contributed by atoms with E-state index >= 15 is 0 Å². The van der Waals surface area contributed by atoms with Gasteiger partial charge < -0.3 is 9.73 Å². The Kier molecular flexibility index (Phi) is 6.00. The molecule has 9 heteroatoms. The largest absolute Gasteiger partial charge is 0.459 e. The highest BCUT2D eigenvalue weighted by molar-refractivity contribution is 7.14. The maximum absolute atomic E-state index is 12.2. The molecule has 4 rings (SSSR count). The van der Waals surface area contributed by atoms with Crippen molar-refractivity contribution in [2.45, 2.75) is 12.8 Å². The van der Waals surface area contributed by atoms with Crippen LogP contribution < -0.4 is 10.6 Å². The molecule has 0 atom stereocenters. The number of hydrogen-bond donors (Lipinski definition) is 2. The summed E-state index contributed by atoms with van der Waals surface area (Å²) >= 11 is 1.26. The van der Waals surface area contributed by atoms with Gasteiger partial charge in [-0.3, -0.25) is 14.9 Å². The third-order valence-electron chi connectivity index (χ3n) is 4.25. The lowest BCUT2D eigenvalue weighted by molar-refractivity contribution is -0.120. The summed E-state index contributed by atoms with van der Waals surface area (Å²) in [4.78, 5) is 28.4. The summed E-state index contributed by atoms with van der Waals surface area (Å²) < 4.78 is 6.85. The summed E-state index contributed by atoms with van der Waals surface area (Å²) in [6.07, 6.45) is 6.01. The van der Waals surface area contributed by atoms with Crippen molar-refractivity contribution in [1.29, 1.82) is 0 Å². The molecule has 0 aliphatic carbocycles. The molecule has 0 aliphatic heterocycles.